The van der Waals surface area contributed by atoms with Gasteiger partial charge in [0.25, 0.3) is 0 Å². The molecule has 0 bridgehead atoms. The molecule has 4 nitrogen and oxygen atoms in total. The van der Waals surface area contributed by atoms with E-state index in [4.69, 9.17) is 4.74 Å². The highest BCUT2D eigenvalue weighted by Gasteiger charge is 2.23. The van der Waals surface area contributed by atoms with Gasteiger partial charge in [-0.3, -0.25) is 0 Å². The van der Waals surface area contributed by atoms with Gasteiger partial charge >= 0.3 is 0 Å². The van der Waals surface area contributed by atoms with Gasteiger partial charge in [0.1, 0.15) is 0 Å². The summed E-state index contributed by atoms with van der Waals surface area (Å²) >= 11 is 0. The van der Waals surface area contributed by atoms with Crippen molar-refractivity contribution in [3.05, 3.63) is 18.2 Å². The van der Waals surface area contributed by atoms with E-state index >= 15 is 0 Å². The summed E-state index contributed by atoms with van der Waals surface area (Å²) in [4.78, 5) is 4.08. The zero-order valence-corrected chi connectivity index (χ0v) is 8.73. The monoisotopic (exact) mass is 195 g/mol. The van der Waals surface area contributed by atoms with Crippen LogP contribution in [-0.4, -0.2) is 28.3 Å². The lowest BCUT2D eigenvalue weighted by Gasteiger charge is -2.15. The molecule has 2 rings (SSSR count). The maximum Gasteiger partial charge on any atom is 0.0945 e. The van der Waals surface area contributed by atoms with Crippen molar-refractivity contribution < 1.29 is 4.74 Å². The Labute approximate surface area is 84.3 Å². The number of aryl methyl sites for hydroxylation is 1. The fraction of sp³-hybridized carbons (Fsp3) is 0.700. The van der Waals surface area contributed by atoms with Gasteiger partial charge in [-0.2, -0.15) is 0 Å². The van der Waals surface area contributed by atoms with Crippen molar-refractivity contribution >= 4 is 0 Å². The highest BCUT2D eigenvalue weighted by Crippen LogP contribution is 2.13. The highest BCUT2D eigenvalue weighted by molar-refractivity contribution is 4.97. The van der Waals surface area contributed by atoms with E-state index in [2.05, 4.69) is 17.2 Å². The SMILES string of the molecule is CC1OCCC1NCc1cncn1C. The average molecular weight is 195 g/mol. The Morgan fingerprint density at radius 3 is 3.14 bits per heavy atom. The molecule has 1 N–H and O–H groups in total. The number of hydrogen-bond donors (Lipinski definition) is 1. The molecule has 1 aromatic rings. The first-order valence-corrected chi connectivity index (χ1v) is 5.07. The van der Waals surface area contributed by atoms with Gasteiger partial charge in [0.05, 0.1) is 18.1 Å². The van der Waals surface area contributed by atoms with Crippen molar-refractivity contribution in [3.63, 3.8) is 0 Å². The summed E-state index contributed by atoms with van der Waals surface area (Å²) in [6.45, 7) is 3.87. The molecule has 1 aliphatic heterocycles. The molecule has 0 spiro atoms. The van der Waals surface area contributed by atoms with E-state index in [9.17, 15) is 0 Å². The second kappa shape index (κ2) is 4.11. The maximum atomic E-state index is 5.48. The molecular weight excluding hydrogens is 178 g/mol. The second-order valence-electron chi connectivity index (χ2n) is 3.85. The first kappa shape index (κ1) is 9.68. The van der Waals surface area contributed by atoms with Crippen molar-refractivity contribution in [2.75, 3.05) is 6.61 Å². The van der Waals surface area contributed by atoms with Crippen LogP contribution >= 0.6 is 0 Å². The van der Waals surface area contributed by atoms with Gasteiger partial charge in [-0.15, -0.1) is 0 Å². The standard InChI is InChI=1S/C10H17N3O/c1-8-10(3-4-14-8)12-6-9-5-11-7-13(9)2/h5,7-8,10,12H,3-4,6H2,1-2H3. The summed E-state index contributed by atoms with van der Waals surface area (Å²) in [5.41, 5.74) is 1.21. The minimum atomic E-state index is 0.336. The van der Waals surface area contributed by atoms with E-state index in [1.54, 1.807) is 0 Å². The quantitative estimate of drug-likeness (QED) is 0.771. The van der Waals surface area contributed by atoms with Crippen LogP contribution in [0.5, 0.6) is 0 Å². The van der Waals surface area contributed by atoms with Gasteiger partial charge in [0.15, 0.2) is 0 Å². The second-order valence-corrected chi connectivity index (χ2v) is 3.85. The van der Waals surface area contributed by atoms with Crippen LogP contribution in [0.25, 0.3) is 0 Å². The third-order valence-electron chi connectivity index (χ3n) is 2.84. The lowest BCUT2D eigenvalue weighted by atomic mass is 10.1. The summed E-state index contributed by atoms with van der Waals surface area (Å²) in [6, 6.07) is 0.491. The molecular formula is C10H17N3O. The Morgan fingerprint density at radius 1 is 1.71 bits per heavy atom. The Morgan fingerprint density at radius 2 is 2.57 bits per heavy atom. The fourth-order valence-corrected chi connectivity index (χ4v) is 1.79. The molecule has 0 aliphatic carbocycles. The predicted octanol–water partition coefficient (Wildman–Crippen LogP) is 0.687. The Hall–Kier alpha value is -0.870. The van der Waals surface area contributed by atoms with Gasteiger partial charge in [-0.25, -0.2) is 4.98 Å². The molecule has 0 radical (unpaired) electrons. The summed E-state index contributed by atoms with van der Waals surface area (Å²) < 4.78 is 7.52. The molecule has 14 heavy (non-hydrogen) atoms. The lowest BCUT2D eigenvalue weighted by molar-refractivity contribution is 0.113. The van der Waals surface area contributed by atoms with Crippen LogP contribution in [0.15, 0.2) is 12.5 Å². The minimum Gasteiger partial charge on any atom is -0.377 e. The molecule has 78 valence electrons. The number of nitrogens with one attached hydrogen (secondary N) is 1. The molecule has 1 saturated heterocycles. The molecule has 0 saturated carbocycles. The molecule has 2 atom stereocenters. The van der Waals surface area contributed by atoms with E-state index in [1.165, 1.54) is 5.69 Å². The molecule has 2 unspecified atom stereocenters. The topological polar surface area (TPSA) is 39.1 Å². The number of nitrogens with zero attached hydrogens (tertiary/aromatic N) is 2. The van der Waals surface area contributed by atoms with Crippen LogP contribution in [0.3, 0.4) is 0 Å². The normalized spacial score (nSPS) is 27.0. The average Bonchev–Trinajstić information content (AvgIpc) is 2.72. The smallest absolute Gasteiger partial charge is 0.0945 e. The largest absolute Gasteiger partial charge is 0.377 e. The first-order valence-electron chi connectivity index (χ1n) is 5.07. The fourth-order valence-electron chi connectivity index (χ4n) is 1.79. The van der Waals surface area contributed by atoms with E-state index in [1.807, 2.05) is 24.1 Å². The third-order valence-corrected chi connectivity index (χ3v) is 2.84. The Balaban J connectivity index is 1.85. The van der Waals surface area contributed by atoms with E-state index < -0.39 is 0 Å². The number of hydrogen-bond acceptors (Lipinski definition) is 3. The van der Waals surface area contributed by atoms with E-state index in [0.717, 1.165) is 19.6 Å². The van der Waals surface area contributed by atoms with Gasteiger partial charge in [0.2, 0.25) is 0 Å². The molecule has 4 heteroatoms. The molecule has 1 fully saturated rings. The van der Waals surface area contributed by atoms with Crippen molar-refractivity contribution in [2.45, 2.75) is 32.0 Å². The van der Waals surface area contributed by atoms with Gasteiger partial charge in [-0.05, 0) is 13.3 Å². The van der Waals surface area contributed by atoms with Gasteiger partial charge in [-0.1, -0.05) is 0 Å². The summed E-state index contributed by atoms with van der Waals surface area (Å²) in [6.07, 6.45) is 5.17. The van der Waals surface area contributed by atoms with Crippen molar-refractivity contribution in [1.29, 1.82) is 0 Å². The molecule has 0 aromatic carbocycles. The summed E-state index contributed by atoms with van der Waals surface area (Å²) in [5.74, 6) is 0. The van der Waals surface area contributed by atoms with Crippen LogP contribution in [0.4, 0.5) is 0 Å². The van der Waals surface area contributed by atoms with Gasteiger partial charge in [0, 0.05) is 32.4 Å². The molecule has 2 heterocycles. The van der Waals surface area contributed by atoms with Gasteiger partial charge < -0.3 is 14.6 Å². The van der Waals surface area contributed by atoms with Crippen molar-refractivity contribution in [2.24, 2.45) is 7.05 Å². The number of rotatable bonds is 3. The number of imidazole rings is 1. The molecule has 0 amide bonds. The van der Waals surface area contributed by atoms with Crippen LogP contribution < -0.4 is 5.32 Å². The Kier molecular flexibility index (Phi) is 2.84. The van der Waals surface area contributed by atoms with Crippen LogP contribution in [-0.2, 0) is 18.3 Å². The lowest BCUT2D eigenvalue weighted by Crippen LogP contribution is -2.34. The van der Waals surface area contributed by atoms with Crippen molar-refractivity contribution in [3.8, 4) is 0 Å². The highest BCUT2D eigenvalue weighted by atomic mass is 16.5. The minimum absolute atomic E-state index is 0.336. The molecule has 1 aromatic heterocycles. The number of ether oxygens (including phenoxy) is 1. The zero-order chi connectivity index (χ0) is 9.97. The summed E-state index contributed by atoms with van der Waals surface area (Å²) in [7, 11) is 2.01. The van der Waals surface area contributed by atoms with E-state index in [0.29, 0.717) is 12.1 Å². The van der Waals surface area contributed by atoms with E-state index in [-0.39, 0.29) is 0 Å². The third kappa shape index (κ3) is 1.96. The first-order chi connectivity index (χ1) is 6.77. The Bertz CT molecular complexity index is 297. The van der Waals surface area contributed by atoms with Crippen LogP contribution in [0.2, 0.25) is 0 Å². The van der Waals surface area contributed by atoms with Crippen LogP contribution in [0.1, 0.15) is 19.0 Å². The van der Waals surface area contributed by atoms with Crippen LogP contribution in [0, 0.1) is 0 Å². The molecule has 1 aliphatic rings. The maximum absolute atomic E-state index is 5.48. The van der Waals surface area contributed by atoms with Crippen molar-refractivity contribution in [1.82, 2.24) is 14.9 Å². The number of aromatic nitrogens is 2. The predicted molar refractivity (Wildman–Crippen MR) is 53.9 cm³/mol. The summed E-state index contributed by atoms with van der Waals surface area (Å²) in [5, 5.41) is 3.49. The zero-order valence-electron chi connectivity index (χ0n) is 8.73.